The lowest BCUT2D eigenvalue weighted by Gasteiger charge is -2.40. The molecule has 0 rings (SSSR count). The molecule has 0 amide bonds. The Kier molecular flexibility index (Phi) is 11.4. The molecule has 1 N–H and O–H groups in total. The molecule has 2 nitrogen and oxygen atoms in total. The lowest BCUT2D eigenvalue weighted by Crippen LogP contribution is -2.47. The maximum atomic E-state index is 3.72. The molecule has 2 heteroatoms. The molecule has 1 unspecified atom stereocenters. The highest BCUT2D eigenvalue weighted by atomic mass is 15.2. The van der Waals surface area contributed by atoms with E-state index in [4.69, 9.17) is 0 Å². The Hall–Kier alpha value is -0.0800. The van der Waals surface area contributed by atoms with Crippen molar-refractivity contribution >= 4 is 0 Å². The largest absolute Gasteiger partial charge is 0.316 e. The van der Waals surface area contributed by atoms with Crippen molar-refractivity contribution in [1.29, 1.82) is 0 Å². The minimum Gasteiger partial charge on any atom is -0.316 e. The summed E-state index contributed by atoms with van der Waals surface area (Å²) in [6.45, 7) is 21.1. The van der Waals surface area contributed by atoms with Crippen LogP contribution in [-0.4, -0.2) is 37.1 Å². The molecule has 0 heterocycles. The molecule has 128 valence electrons. The zero-order chi connectivity index (χ0) is 16.3. The second-order valence-electron chi connectivity index (χ2n) is 7.31. The molecule has 0 spiro atoms. The summed E-state index contributed by atoms with van der Waals surface area (Å²) in [7, 11) is 0. The molecule has 0 aliphatic carbocycles. The quantitative estimate of drug-likeness (QED) is 0.518. The van der Waals surface area contributed by atoms with Gasteiger partial charge in [0.1, 0.15) is 0 Å². The molecule has 0 fully saturated rings. The maximum Gasteiger partial charge on any atom is 0.00645 e. The summed E-state index contributed by atoms with van der Waals surface area (Å²) in [6, 6.07) is 0.708. The van der Waals surface area contributed by atoms with E-state index < -0.39 is 0 Å². The summed E-state index contributed by atoms with van der Waals surface area (Å²) in [5, 5.41) is 3.72. The third-order valence-electron chi connectivity index (χ3n) is 5.10. The van der Waals surface area contributed by atoms with Gasteiger partial charge in [-0.25, -0.2) is 0 Å². The Balaban J connectivity index is 4.71. The minimum atomic E-state index is 0.437. The predicted octanol–water partition coefficient (Wildman–Crippen LogP) is 4.94. The van der Waals surface area contributed by atoms with Crippen molar-refractivity contribution in [1.82, 2.24) is 10.2 Å². The fourth-order valence-corrected chi connectivity index (χ4v) is 2.91. The number of unbranched alkanes of at least 4 members (excludes halogenated alkanes) is 1. The van der Waals surface area contributed by atoms with E-state index in [0.29, 0.717) is 11.5 Å². The summed E-state index contributed by atoms with van der Waals surface area (Å²) in [6.07, 6.45) is 6.42. The van der Waals surface area contributed by atoms with Crippen LogP contribution in [0.15, 0.2) is 0 Å². The number of rotatable bonds is 13. The van der Waals surface area contributed by atoms with Crippen LogP contribution in [0.25, 0.3) is 0 Å². The van der Waals surface area contributed by atoms with Crippen LogP contribution in [0.3, 0.4) is 0 Å². The van der Waals surface area contributed by atoms with Gasteiger partial charge in [0.05, 0.1) is 0 Å². The van der Waals surface area contributed by atoms with Gasteiger partial charge < -0.3 is 10.2 Å². The topological polar surface area (TPSA) is 15.3 Å². The third-order valence-corrected chi connectivity index (χ3v) is 5.10. The van der Waals surface area contributed by atoms with Crippen molar-refractivity contribution < 1.29 is 0 Å². The van der Waals surface area contributed by atoms with Gasteiger partial charge in [0.25, 0.3) is 0 Å². The summed E-state index contributed by atoms with van der Waals surface area (Å²) in [5.41, 5.74) is 0.437. The van der Waals surface area contributed by atoms with E-state index in [1.807, 2.05) is 0 Å². The molecule has 21 heavy (non-hydrogen) atoms. The standard InChI is InChI=1S/C19H42N2/c1-8-12-13-21(18(7)9-2)16-19(10-3,11-4)15-20-14-17(5)6/h17-18,20H,8-16H2,1-7H3. The summed E-state index contributed by atoms with van der Waals surface area (Å²) in [4.78, 5) is 2.74. The molecular formula is C19H42N2. The SMILES string of the molecule is CCCCN(CC(CC)(CC)CNCC(C)C)C(C)CC. The molecule has 0 aliphatic rings. The maximum absolute atomic E-state index is 3.72. The number of hydrogen-bond donors (Lipinski definition) is 1. The molecular weight excluding hydrogens is 256 g/mol. The van der Waals surface area contributed by atoms with E-state index >= 15 is 0 Å². The van der Waals surface area contributed by atoms with E-state index in [9.17, 15) is 0 Å². The number of hydrogen-bond acceptors (Lipinski definition) is 2. The molecule has 0 aromatic carbocycles. The van der Waals surface area contributed by atoms with Crippen molar-refractivity contribution in [3.05, 3.63) is 0 Å². The van der Waals surface area contributed by atoms with E-state index in [1.54, 1.807) is 0 Å². The van der Waals surface area contributed by atoms with Gasteiger partial charge in [-0.15, -0.1) is 0 Å². The fourth-order valence-electron chi connectivity index (χ4n) is 2.91. The van der Waals surface area contributed by atoms with Crippen LogP contribution >= 0.6 is 0 Å². The Labute approximate surface area is 135 Å². The molecule has 0 aliphatic heterocycles. The summed E-state index contributed by atoms with van der Waals surface area (Å²) < 4.78 is 0. The first-order chi connectivity index (χ1) is 9.94. The van der Waals surface area contributed by atoms with Gasteiger partial charge in [-0.2, -0.15) is 0 Å². The Morgan fingerprint density at radius 2 is 1.62 bits per heavy atom. The Morgan fingerprint density at radius 1 is 1.00 bits per heavy atom. The van der Waals surface area contributed by atoms with Gasteiger partial charge in [-0.3, -0.25) is 0 Å². The van der Waals surface area contributed by atoms with E-state index in [2.05, 4.69) is 58.7 Å². The lowest BCUT2D eigenvalue weighted by atomic mass is 9.81. The summed E-state index contributed by atoms with van der Waals surface area (Å²) in [5.74, 6) is 0.738. The van der Waals surface area contributed by atoms with Gasteiger partial charge in [-0.1, -0.05) is 48.0 Å². The second-order valence-corrected chi connectivity index (χ2v) is 7.31. The van der Waals surface area contributed by atoms with Crippen LogP contribution < -0.4 is 5.32 Å². The molecule has 0 bridgehead atoms. The molecule has 0 saturated heterocycles. The van der Waals surface area contributed by atoms with E-state index in [0.717, 1.165) is 19.0 Å². The minimum absolute atomic E-state index is 0.437. The van der Waals surface area contributed by atoms with Gasteiger partial charge in [0, 0.05) is 19.1 Å². The second kappa shape index (κ2) is 11.5. The third kappa shape index (κ3) is 8.21. The van der Waals surface area contributed by atoms with Crippen LogP contribution in [0, 0.1) is 11.3 Å². The van der Waals surface area contributed by atoms with Crippen LogP contribution in [0.2, 0.25) is 0 Å². The molecule has 1 atom stereocenters. The van der Waals surface area contributed by atoms with Gasteiger partial charge >= 0.3 is 0 Å². The van der Waals surface area contributed by atoms with Crippen molar-refractivity contribution in [2.45, 2.75) is 86.6 Å². The van der Waals surface area contributed by atoms with Gasteiger partial charge in [-0.05, 0) is 57.0 Å². The average Bonchev–Trinajstić information content (AvgIpc) is 2.48. The molecule has 0 saturated carbocycles. The zero-order valence-corrected chi connectivity index (χ0v) is 16.0. The van der Waals surface area contributed by atoms with Crippen LogP contribution in [0.5, 0.6) is 0 Å². The highest BCUT2D eigenvalue weighted by Crippen LogP contribution is 2.28. The van der Waals surface area contributed by atoms with Crippen LogP contribution in [0.1, 0.15) is 80.6 Å². The number of nitrogens with one attached hydrogen (secondary N) is 1. The highest BCUT2D eigenvalue weighted by molar-refractivity contribution is 4.84. The molecule has 0 radical (unpaired) electrons. The highest BCUT2D eigenvalue weighted by Gasteiger charge is 2.29. The number of nitrogens with zero attached hydrogens (tertiary/aromatic N) is 1. The Bertz CT molecular complexity index is 234. The fraction of sp³-hybridized carbons (Fsp3) is 1.00. The van der Waals surface area contributed by atoms with Gasteiger partial charge in [0.2, 0.25) is 0 Å². The first kappa shape index (κ1) is 20.9. The van der Waals surface area contributed by atoms with E-state index in [-0.39, 0.29) is 0 Å². The van der Waals surface area contributed by atoms with Crippen molar-refractivity contribution in [2.24, 2.45) is 11.3 Å². The van der Waals surface area contributed by atoms with Crippen molar-refractivity contribution in [3.8, 4) is 0 Å². The monoisotopic (exact) mass is 298 g/mol. The zero-order valence-electron chi connectivity index (χ0n) is 16.0. The first-order valence-electron chi connectivity index (χ1n) is 9.39. The van der Waals surface area contributed by atoms with E-state index in [1.165, 1.54) is 45.2 Å². The lowest BCUT2D eigenvalue weighted by molar-refractivity contribution is 0.0997. The van der Waals surface area contributed by atoms with Crippen molar-refractivity contribution in [2.75, 3.05) is 26.2 Å². The van der Waals surface area contributed by atoms with Crippen LogP contribution in [-0.2, 0) is 0 Å². The molecule has 0 aromatic heterocycles. The van der Waals surface area contributed by atoms with Gasteiger partial charge in [0.15, 0.2) is 0 Å². The first-order valence-corrected chi connectivity index (χ1v) is 9.39. The van der Waals surface area contributed by atoms with Crippen LogP contribution in [0.4, 0.5) is 0 Å². The average molecular weight is 299 g/mol. The Morgan fingerprint density at radius 3 is 2.05 bits per heavy atom. The van der Waals surface area contributed by atoms with Crippen molar-refractivity contribution in [3.63, 3.8) is 0 Å². The summed E-state index contributed by atoms with van der Waals surface area (Å²) >= 11 is 0. The normalized spacial score (nSPS) is 14.1. The molecule has 0 aromatic rings. The smallest absolute Gasteiger partial charge is 0.00645 e. The predicted molar refractivity (Wildman–Crippen MR) is 97.0 cm³/mol.